The lowest BCUT2D eigenvalue weighted by Gasteiger charge is -2.19. The van der Waals surface area contributed by atoms with E-state index in [-0.39, 0.29) is 23.8 Å². The van der Waals surface area contributed by atoms with E-state index in [2.05, 4.69) is 43.3 Å². The van der Waals surface area contributed by atoms with Gasteiger partial charge in [-0.15, -0.1) is 11.8 Å². The van der Waals surface area contributed by atoms with Gasteiger partial charge in [-0.05, 0) is 41.0 Å². The Hall–Kier alpha value is -2.34. The summed E-state index contributed by atoms with van der Waals surface area (Å²) in [5.74, 6) is 0.386. The molecule has 0 unspecified atom stereocenters. The zero-order chi connectivity index (χ0) is 19.2. The normalized spacial score (nSPS) is 11.1. The van der Waals surface area contributed by atoms with Gasteiger partial charge in [-0.3, -0.25) is 9.59 Å². The Labute approximate surface area is 159 Å². The van der Waals surface area contributed by atoms with Crippen LogP contribution >= 0.6 is 11.8 Å². The molecule has 1 aromatic carbocycles. The number of hydrogen-bond donors (Lipinski definition) is 2. The van der Waals surface area contributed by atoms with E-state index in [0.29, 0.717) is 11.3 Å². The molecule has 0 aliphatic carbocycles. The zero-order valence-corrected chi connectivity index (χ0v) is 16.4. The fourth-order valence-electron chi connectivity index (χ4n) is 2.28. The third-order valence-electron chi connectivity index (χ3n) is 3.73. The second kappa shape index (κ2) is 8.85. The first-order valence-corrected chi connectivity index (χ1v) is 9.55. The van der Waals surface area contributed by atoms with Crippen LogP contribution in [0.2, 0.25) is 0 Å². The molecule has 0 saturated carbocycles. The Morgan fingerprint density at radius 3 is 2.31 bits per heavy atom. The van der Waals surface area contributed by atoms with Crippen molar-refractivity contribution in [1.29, 1.82) is 0 Å². The SMILES string of the molecule is CCSc1ccc(NC(=O)CNC(=O)c2ccc(C(C)(C)C)cc2)cn1. The van der Waals surface area contributed by atoms with Crippen molar-refractivity contribution in [2.24, 2.45) is 0 Å². The van der Waals surface area contributed by atoms with Gasteiger partial charge in [0.15, 0.2) is 0 Å². The van der Waals surface area contributed by atoms with Gasteiger partial charge in [-0.25, -0.2) is 4.98 Å². The number of carbonyl (C=O) groups excluding carboxylic acids is 2. The number of carbonyl (C=O) groups is 2. The zero-order valence-electron chi connectivity index (χ0n) is 15.6. The molecule has 0 bridgehead atoms. The molecule has 0 saturated heterocycles. The van der Waals surface area contributed by atoms with E-state index >= 15 is 0 Å². The molecule has 138 valence electrons. The first-order valence-electron chi connectivity index (χ1n) is 8.57. The molecule has 26 heavy (non-hydrogen) atoms. The summed E-state index contributed by atoms with van der Waals surface area (Å²) in [6, 6.07) is 11.1. The Bertz CT molecular complexity index is 750. The van der Waals surface area contributed by atoms with Gasteiger partial charge in [0, 0.05) is 5.56 Å². The maximum atomic E-state index is 12.2. The number of nitrogens with one attached hydrogen (secondary N) is 2. The molecule has 0 atom stereocenters. The van der Waals surface area contributed by atoms with E-state index in [0.717, 1.165) is 16.3 Å². The monoisotopic (exact) mass is 371 g/mol. The summed E-state index contributed by atoms with van der Waals surface area (Å²) in [5.41, 5.74) is 2.34. The Morgan fingerprint density at radius 1 is 1.08 bits per heavy atom. The Morgan fingerprint density at radius 2 is 1.77 bits per heavy atom. The van der Waals surface area contributed by atoms with Crippen LogP contribution in [-0.2, 0) is 10.2 Å². The van der Waals surface area contributed by atoms with Crippen molar-refractivity contribution in [2.75, 3.05) is 17.6 Å². The van der Waals surface area contributed by atoms with Crippen molar-refractivity contribution >= 4 is 29.3 Å². The first-order chi connectivity index (χ1) is 12.3. The van der Waals surface area contributed by atoms with E-state index in [4.69, 9.17) is 0 Å². The summed E-state index contributed by atoms with van der Waals surface area (Å²) in [6.45, 7) is 8.32. The van der Waals surface area contributed by atoms with Gasteiger partial charge in [-0.2, -0.15) is 0 Å². The highest BCUT2D eigenvalue weighted by Crippen LogP contribution is 2.22. The summed E-state index contributed by atoms with van der Waals surface area (Å²) >= 11 is 1.64. The van der Waals surface area contributed by atoms with Crippen LogP contribution in [0.4, 0.5) is 5.69 Å². The molecular weight excluding hydrogens is 346 g/mol. The van der Waals surface area contributed by atoms with Crippen molar-refractivity contribution < 1.29 is 9.59 Å². The van der Waals surface area contributed by atoms with Crippen molar-refractivity contribution in [3.63, 3.8) is 0 Å². The molecule has 0 aliphatic heterocycles. The fraction of sp³-hybridized carbons (Fsp3) is 0.350. The molecule has 6 heteroatoms. The quantitative estimate of drug-likeness (QED) is 0.757. The van der Waals surface area contributed by atoms with Gasteiger partial charge in [0.25, 0.3) is 5.91 Å². The number of nitrogens with zero attached hydrogens (tertiary/aromatic N) is 1. The van der Waals surface area contributed by atoms with Crippen LogP contribution < -0.4 is 10.6 Å². The molecule has 2 amide bonds. The van der Waals surface area contributed by atoms with Gasteiger partial charge in [-0.1, -0.05) is 39.8 Å². The number of benzene rings is 1. The topological polar surface area (TPSA) is 71.1 Å². The molecule has 0 radical (unpaired) electrons. The van der Waals surface area contributed by atoms with E-state index in [1.807, 2.05) is 18.2 Å². The molecule has 2 N–H and O–H groups in total. The minimum atomic E-state index is -0.289. The average Bonchev–Trinajstić information content (AvgIpc) is 2.61. The van der Waals surface area contributed by atoms with E-state index < -0.39 is 0 Å². The third-order valence-corrected chi connectivity index (χ3v) is 4.56. The molecule has 0 spiro atoms. The summed E-state index contributed by atoms with van der Waals surface area (Å²) in [7, 11) is 0. The summed E-state index contributed by atoms with van der Waals surface area (Å²) in [6.07, 6.45) is 1.61. The van der Waals surface area contributed by atoms with Crippen LogP contribution in [0.3, 0.4) is 0 Å². The molecule has 2 rings (SSSR count). The van der Waals surface area contributed by atoms with E-state index in [1.165, 1.54) is 0 Å². The summed E-state index contributed by atoms with van der Waals surface area (Å²) in [5, 5.41) is 6.27. The summed E-state index contributed by atoms with van der Waals surface area (Å²) < 4.78 is 0. The van der Waals surface area contributed by atoms with Gasteiger partial charge in [0.1, 0.15) is 0 Å². The highest BCUT2D eigenvalue weighted by Gasteiger charge is 2.14. The average molecular weight is 372 g/mol. The van der Waals surface area contributed by atoms with Crippen molar-refractivity contribution in [1.82, 2.24) is 10.3 Å². The van der Waals surface area contributed by atoms with Crippen LogP contribution in [-0.4, -0.2) is 29.1 Å². The lowest BCUT2D eigenvalue weighted by Crippen LogP contribution is -2.32. The molecule has 1 aromatic heterocycles. The van der Waals surface area contributed by atoms with Crippen LogP contribution in [0.1, 0.15) is 43.6 Å². The molecule has 0 aliphatic rings. The molecular formula is C20H25N3O2S. The van der Waals surface area contributed by atoms with E-state index in [9.17, 15) is 9.59 Å². The highest BCUT2D eigenvalue weighted by atomic mass is 32.2. The molecule has 1 heterocycles. The van der Waals surface area contributed by atoms with Crippen LogP contribution in [0, 0.1) is 0 Å². The largest absolute Gasteiger partial charge is 0.343 e. The second-order valence-electron chi connectivity index (χ2n) is 6.88. The number of aromatic nitrogens is 1. The number of hydrogen-bond acceptors (Lipinski definition) is 4. The fourth-order valence-corrected chi connectivity index (χ4v) is 2.86. The van der Waals surface area contributed by atoms with Gasteiger partial charge in [0.2, 0.25) is 5.91 Å². The first kappa shape index (κ1) is 20.0. The minimum absolute atomic E-state index is 0.0358. The van der Waals surface area contributed by atoms with Crippen LogP contribution in [0.15, 0.2) is 47.6 Å². The molecule has 0 fully saturated rings. The number of pyridine rings is 1. The maximum Gasteiger partial charge on any atom is 0.251 e. The minimum Gasteiger partial charge on any atom is -0.343 e. The standard InChI is InChI=1S/C20H25N3O2S/c1-5-26-18-11-10-16(12-21-18)23-17(24)13-22-19(25)14-6-8-15(9-7-14)20(2,3)4/h6-12H,5,13H2,1-4H3,(H,22,25)(H,23,24). The van der Waals surface area contributed by atoms with Crippen molar-refractivity contribution in [3.05, 3.63) is 53.7 Å². The maximum absolute atomic E-state index is 12.2. The predicted octanol–water partition coefficient (Wildman–Crippen LogP) is 3.86. The Kier molecular flexibility index (Phi) is 6.80. The lowest BCUT2D eigenvalue weighted by molar-refractivity contribution is -0.115. The summed E-state index contributed by atoms with van der Waals surface area (Å²) in [4.78, 5) is 28.4. The number of amides is 2. The van der Waals surface area contributed by atoms with Crippen LogP contribution in [0.25, 0.3) is 0 Å². The highest BCUT2D eigenvalue weighted by molar-refractivity contribution is 7.99. The third kappa shape index (κ3) is 5.88. The molecule has 2 aromatic rings. The van der Waals surface area contributed by atoms with Gasteiger partial charge in [0.05, 0.1) is 23.5 Å². The van der Waals surface area contributed by atoms with Gasteiger partial charge >= 0.3 is 0 Å². The smallest absolute Gasteiger partial charge is 0.251 e. The Balaban J connectivity index is 1.85. The predicted molar refractivity (Wildman–Crippen MR) is 107 cm³/mol. The van der Waals surface area contributed by atoms with Crippen molar-refractivity contribution in [3.8, 4) is 0 Å². The van der Waals surface area contributed by atoms with Crippen molar-refractivity contribution in [2.45, 2.75) is 38.1 Å². The number of rotatable bonds is 6. The second-order valence-corrected chi connectivity index (χ2v) is 8.16. The van der Waals surface area contributed by atoms with Gasteiger partial charge < -0.3 is 10.6 Å². The number of thioether (sulfide) groups is 1. The molecule has 5 nitrogen and oxygen atoms in total. The number of anilines is 1. The van der Waals surface area contributed by atoms with Crippen LogP contribution in [0.5, 0.6) is 0 Å². The van der Waals surface area contributed by atoms with E-state index in [1.54, 1.807) is 36.2 Å². The lowest BCUT2D eigenvalue weighted by atomic mass is 9.87.